The zero-order chi connectivity index (χ0) is 16.2. The highest BCUT2D eigenvalue weighted by Crippen LogP contribution is 2.28. The quantitative estimate of drug-likeness (QED) is 0.928. The highest BCUT2D eigenvalue weighted by Gasteiger charge is 2.25. The van der Waals surface area contributed by atoms with Crippen molar-refractivity contribution in [3.63, 3.8) is 0 Å². The van der Waals surface area contributed by atoms with E-state index in [0.717, 1.165) is 43.9 Å². The molecule has 1 aromatic heterocycles. The molecule has 0 radical (unpaired) electrons. The van der Waals surface area contributed by atoms with E-state index in [9.17, 15) is 4.79 Å². The number of carbonyl (C=O) groups is 1. The Labute approximate surface area is 138 Å². The molecule has 1 aliphatic carbocycles. The SMILES string of the molecule is CC(C)Nc1ncnc2c1CCN(C(=O)CC1CCCC1)CC2. The minimum absolute atomic E-state index is 0.330. The first-order valence-corrected chi connectivity index (χ1v) is 9.00. The Morgan fingerprint density at radius 1 is 1.26 bits per heavy atom. The molecule has 3 rings (SSSR count). The van der Waals surface area contributed by atoms with Gasteiger partial charge in [0, 0.05) is 37.5 Å². The van der Waals surface area contributed by atoms with Gasteiger partial charge in [0.05, 0.1) is 5.69 Å². The van der Waals surface area contributed by atoms with Crippen LogP contribution < -0.4 is 5.32 Å². The Morgan fingerprint density at radius 2 is 2.00 bits per heavy atom. The van der Waals surface area contributed by atoms with Crippen molar-refractivity contribution in [2.45, 2.75) is 64.8 Å². The summed E-state index contributed by atoms with van der Waals surface area (Å²) in [4.78, 5) is 23.5. The van der Waals surface area contributed by atoms with E-state index in [1.165, 1.54) is 31.2 Å². The summed E-state index contributed by atoms with van der Waals surface area (Å²) in [6, 6.07) is 0.345. The summed E-state index contributed by atoms with van der Waals surface area (Å²) in [7, 11) is 0. The molecule has 1 N–H and O–H groups in total. The van der Waals surface area contributed by atoms with Crippen molar-refractivity contribution in [3.8, 4) is 0 Å². The molecule has 5 nitrogen and oxygen atoms in total. The Morgan fingerprint density at radius 3 is 2.74 bits per heavy atom. The second-order valence-electron chi connectivity index (χ2n) is 7.18. The third kappa shape index (κ3) is 4.01. The van der Waals surface area contributed by atoms with E-state index >= 15 is 0 Å². The topological polar surface area (TPSA) is 58.1 Å². The fourth-order valence-electron chi connectivity index (χ4n) is 3.76. The number of hydrogen-bond acceptors (Lipinski definition) is 4. The summed E-state index contributed by atoms with van der Waals surface area (Å²) < 4.78 is 0. The van der Waals surface area contributed by atoms with E-state index < -0.39 is 0 Å². The third-order valence-corrected chi connectivity index (χ3v) is 5.00. The van der Waals surface area contributed by atoms with Crippen LogP contribution in [0.4, 0.5) is 5.82 Å². The summed E-state index contributed by atoms with van der Waals surface area (Å²) in [5.74, 6) is 1.89. The maximum absolute atomic E-state index is 12.6. The number of nitrogens with one attached hydrogen (secondary N) is 1. The molecular formula is C18H28N4O. The van der Waals surface area contributed by atoms with Crippen molar-refractivity contribution >= 4 is 11.7 Å². The smallest absolute Gasteiger partial charge is 0.222 e. The molecule has 1 aliphatic heterocycles. The van der Waals surface area contributed by atoms with E-state index in [-0.39, 0.29) is 0 Å². The second-order valence-corrected chi connectivity index (χ2v) is 7.18. The summed E-state index contributed by atoms with van der Waals surface area (Å²) in [6.07, 6.45) is 9.11. The molecular weight excluding hydrogens is 288 g/mol. The van der Waals surface area contributed by atoms with Crippen LogP contribution in [0.15, 0.2) is 6.33 Å². The first-order chi connectivity index (χ1) is 11.1. The fraction of sp³-hybridized carbons (Fsp3) is 0.722. The summed E-state index contributed by atoms with van der Waals surface area (Å²) in [5.41, 5.74) is 2.29. The monoisotopic (exact) mass is 316 g/mol. The second kappa shape index (κ2) is 7.28. The number of anilines is 1. The molecule has 0 atom stereocenters. The van der Waals surface area contributed by atoms with Gasteiger partial charge >= 0.3 is 0 Å². The van der Waals surface area contributed by atoms with Crippen LogP contribution in [0.5, 0.6) is 0 Å². The maximum Gasteiger partial charge on any atom is 0.222 e. The van der Waals surface area contributed by atoms with Gasteiger partial charge in [0.25, 0.3) is 0 Å². The summed E-state index contributed by atoms with van der Waals surface area (Å²) >= 11 is 0. The van der Waals surface area contributed by atoms with Gasteiger partial charge in [-0.05, 0) is 39.0 Å². The summed E-state index contributed by atoms with van der Waals surface area (Å²) in [5, 5.41) is 3.41. The first kappa shape index (κ1) is 16.2. The normalized spacial score (nSPS) is 18.8. The predicted molar refractivity (Wildman–Crippen MR) is 91.4 cm³/mol. The van der Waals surface area contributed by atoms with Gasteiger partial charge in [-0.2, -0.15) is 0 Å². The van der Waals surface area contributed by atoms with Gasteiger partial charge in [-0.1, -0.05) is 12.8 Å². The minimum Gasteiger partial charge on any atom is -0.368 e. The van der Waals surface area contributed by atoms with Crippen molar-refractivity contribution < 1.29 is 4.79 Å². The van der Waals surface area contributed by atoms with Crippen LogP contribution in [-0.2, 0) is 17.6 Å². The minimum atomic E-state index is 0.330. The lowest BCUT2D eigenvalue weighted by atomic mass is 10.0. The number of amides is 1. The molecule has 2 heterocycles. The molecule has 126 valence electrons. The average Bonchev–Trinajstić information content (AvgIpc) is 2.91. The Kier molecular flexibility index (Phi) is 5.13. The van der Waals surface area contributed by atoms with Gasteiger partial charge in [-0.15, -0.1) is 0 Å². The average molecular weight is 316 g/mol. The molecule has 0 aromatic carbocycles. The number of hydrogen-bond donors (Lipinski definition) is 1. The Balaban J connectivity index is 1.66. The van der Waals surface area contributed by atoms with Gasteiger partial charge in [0.1, 0.15) is 12.1 Å². The van der Waals surface area contributed by atoms with E-state index in [4.69, 9.17) is 0 Å². The summed E-state index contributed by atoms with van der Waals surface area (Å²) in [6.45, 7) is 5.81. The lowest BCUT2D eigenvalue weighted by Crippen LogP contribution is -2.34. The van der Waals surface area contributed by atoms with Crippen molar-refractivity contribution in [1.29, 1.82) is 0 Å². The lowest BCUT2D eigenvalue weighted by Gasteiger charge is -2.22. The maximum atomic E-state index is 12.6. The van der Waals surface area contributed by atoms with E-state index in [0.29, 0.717) is 17.9 Å². The van der Waals surface area contributed by atoms with Gasteiger partial charge in [0.15, 0.2) is 0 Å². The molecule has 1 aromatic rings. The molecule has 1 fully saturated rings. The number of fused-ring (bicyclic) bond motifs is 1. The molecule has 5 heteroatoms. The largest absolute Gasteiger partial charge is 0.368 e. The fourth-order valence-corrected chi connectivity index (χ4v) is 3.76. The number of aromatic nitrogens is 2. The molecule has 23 heavy (non-hydrogen) atoms. The highest BCUT2D eigenvalue weighted by molar-refractivity contribution is 5.76. The molecule has 1 amide bonds. The van der Waals surface area contributed by atoms with E-state index in [1.54, 1.807) is 6.33 Å². The van der Waals surface area contributed by atoms with Crippen LogP contribution in [-0.4, -0.2) is 39.9 Å². The van der Waals surface area contributed by atoms with Crippen LogP contribution in [0.3, 0.4) is 0 Å². The third-order valence-electron chi connectivity index (χ3n) is 5.00. The van der Waals surface area contributed by atoms with Gasteiger partial charge in [0.2, 0.25) is 5.91 Å². The Hall–Kier alpha value is -1.65. The van der Waals surface area contributed by atoms with Crippen LogP contribution in [0.1, 0.15) is 57.2 Å². The molecule has 0 spiro atoms. The molecule has 1 saturated carbocycles. The molecule has 0 unspecified atom stereocenters. The molecule has 0 bridgehead atoms. The van der Waals surface area contributed by atoms with Gasteiger partial charge in [-0.25, -0.2) is 9.97 Å². The van der Waals surface area contributed by atoms with Crippen LogP contribution in [0.2, 0.25) is 0 Å². The lowest BCUT2D eigenvalue weighted by molar-refractivity contribution is -0.132. The van der Waals surface area contributed by atoms with E-state index in [2.05, 4.69) is 29.1 Å². The predicted octanol–water partition coefficient (Wildman–Crippen LogP) is 2.80. The zero-order valence-electron chi connectivity index (χ0n) is 14.3. The Bertz CT molecular complexity index is 552. The van der Waals surface area contributed by atoms with Crippen LogP contribution in [0.25, 0.3) is 0 Å². The first-order valence-electron chi connectivity index (χ1n) is 9.00. The number of rotatable bonds is 4. The standard InChI is InChI=1S/C18H28N4O/c1-13(2)21-18-15-7-9-22(10-8-16(15)19-12-20-18)17(23)11-14-5-3-4-6-14/h12-14H,3-11H2,1-2H3,(H,19,20,21). The van der Waals surface area contributed by atoms with Crippen molar-refractivity contribution in [3.05, 3.63) is 17.6 Å². The number of carbonyl (C=O) groups excluding carboxylic acids is 1. The highest BCUT2D eigenvalue weighted by atomic mass is 16.2. The molecule has 2 aliphatic rings. The van der Waals surface area contributed by atoms with Gasteiger partial charge in [-0.3, -0.25) is 4.79 Å². The van der Waals surface area contributed by atoms with Gasteiger partial charge < -0.3 is 10.2 Å². The van der Waals surface area contributed by atoms with Crippen molar-refractivity contribution in [2.75, 3.05) is 18.4 Å². The van der Waals surface area contributed by atoms with Crippen molar-refractivity contribution in [2.24, 2.45) is 5.92 Å². The number of nitrogens with zero attached hydrogens (tertiary/aromatic N) is 3. The van der Waals surface area contributed by atoms with E-state index in [1.807, 2.05) is 4.90 Å². The van der Waals surface area contributed by atoms with Crippen LogP contribution in [0, 0.1) is 5.92 Å². The van der Waals surface area contributed by atoms with Crippen molar-refractivity contribution in [1.82, 2.24) is 14.9 Å². The zero-order valence-corrected chi connectivity index (χ0v) is 14.3. The van der Waals surface area contributed by atoms with Crippen LogP contribution >= 0.6 is 0 Å². The molecule has 0 saturated heterocycles.